The predicted octanol–water partition coefficient (Wildman–Crippen LogP) is 2.85. The molecule has 0 aromatic carbocycles. The molecule has 3 heterocycles. The number of ether oxygens (including phenoxy) is 1. The van der Waals surface area contributed by atoms with Crippen molar-refractivity contribution in [3.8, 4) is 0 Å². The molecule has 25 heavy (non-hydrogen) atoms. The lowest BCUT2D eigenvalue weighted by Gasteiger charge is -2.25. The molecule has 0 saturated carbocycles. The molecule has 6 heteroatoms. The molecule has 1 atom stereocenters. The summed E-state index contributed by atoms with van der Waals surface area (Å²) in [5, 5.41) is 4.46. The van der Waals surface area contributed by atoms with E-state index in [0.717, 1.165) is 44.0 Å². The topological polar surface area (TPSA) is 60.2 Å². The molecule has 0 radical (unpaired) electrons. The number of aromatic nitrogens is 3. The number of carbonyl (C=O) groups excluding carboxylic acids is 1. The van der Waals surface area contributed by atoms with Crippen LogP contribution in [0.2, 0.25) is 0 Å². The summed E-state index contributed by atoms with van der Waals surface area (Å²) in [5.74, 6) is 0.550. The molecule has 1 amide bonds. The van der Waals surface area contributed by atoms with Crippen molar-refractivity contribution in [1.29, 1.82) is 0 Å². The average Bonchev–Trinajstić information content (AvgIpc) is 3.02. The van der Waals surface area contributed by atoms with Crippen molar-refractivity contribution >= 4 is 5.91 Å². The van der Waals surface area contributed by atoms with Crippen LogP contribution in [0.1, 0.15) is 47.6 Å². The van der Waals surface area contributed by atoms with E-state index in [1.165, 1.54) is 0 Å². The first kappa shape index (κ1) is 17.6. The fraction of sp³-hybridized carbons (Fsp3) is 0.526. The first-order chi connectivity index (χ1) is 12.1. The van der Waals surface area contributed by atoms with Crippen LogP contribution < -0.4 is 0 Å². The Balaban J connectivity index is 1.71. The van der Waals surface area contributed by atoms with E-state index in [2.05, 4.69) is 10.1 Å². The Hall–Kier alpha value is -2.21. The first-order valence-electron chi connectivity index (χ1n) is 8.86. The van der Waals surface area contributed by atoms with Crippen LogP contribution in [0.5, 0.6) is 0 Å². The average molecular weight is 342 g/mol. The molecule has 6 nitrogen and oxygen atoms in total. The monoisotopic (exact) mass is 342 g/mol. The molecule has 0 bridgehead atoms. The summed E-state index contributed by atoms with van der Waals surface area (Å²) in [6.07, 6.45) is 5.55. The van der Waals surface area contributed by atoms with Gasteiger partial charge in [0, 0.05) is 38.7 Å². The molecule has 0 aliphatic carbocycles. The molecule has 2 aromatic heterocycles. The standard InChI is InChI=1S/C19H26N4O2/c1-14-17(12-21-23(14)13-16-7-10-25-11-8-16)19(24)22(3)15(2)18-6-4-5-9-20-18/h4-6,9,12,15-16H,7-8,10-11,13H2,1-3H3/t15-/m1/s1. The van der Waals surface area contributed by atoms with Crippen LogP contribution in [0, 0.1) is 12.8 Å². The van der Waals surface area contributed by atoms with E-state index in [4.69, 9.17) is 4.74 Å². The van der Waals surface area contributed by atoms with Gasteiger partial charge in [0.05, 0.1) is 23.5 Å². The van der Waals surface area contributed by atoms with E-state index in [-0.39, 0.29) is 11.9 Å². The van der Waals surface area contributed by atoms with Gasteiger partial charge in [-0.3, -0.25) is 14.5 Å². The fourth-order valence-corrected chi connectivity index (χ4v) is 3.20. The lowest BCUT2D eigenvalue weighted by Crippen LogP contribution is -2.30. The molecule has 1 saturated heterocycles. The van der Waals surface area contributed by atoms with E-state index in [1.54, 1.807) is 17.3 Å². The number of amides is 1. The largest absolute Gasteiger partial charge is 0.381 e. The minimum atomic E-state index is -0.0908. The van der Waals surface area contributed by atoms with E-state index < -0.39 is 0 Å². The SMILES string of the molecule is Cc1c(C(=O)N(C)[C@H](C)c2ccccn2)cnn1CC1CCOCC1. The Morgan fingerprint density at radius 1 is 1.40 bits per heavy atom. The molecular weight excluding hydrogens is 316 g/mol. The van der Waals surface area contributed by atoms with Gasteiger partial charge in [-0.2, -0.15) is 5.10 Å². The van der Waals surface area contributed by atoms with Crippen molar-refractivity contribution in [3.05, 3.63) is 47.5 Å². The van der Waals surface area contributed by atoms with Gasteiger partial charge < -0.3 is 9.64 Å². The zero-order chi connectivity index (χ0) is 17.8. The maximum absolute atomic E-state index is 12.9. The van der Waals surface area contributed by atoms with Crippen molar-refractivity contribution in [2.45, 2.75) is 39.3 Å². The molecule has 0 spiro atoms. The number of carbonyl (C=O) groups is 1. The molecule has 1 fully saturated rings. The molecule has 134 valence electrons. The summed E-state index contributed by atoms with van der Waals surface area (Å²) >= 11 is 0. The van der Waals surface area contributed by atoms with Crippen molar-refractivity contribution < 1.29 is 9.53 Å². The Bertz CT molecular complexity index is 707. The third-order valence-electron chi connectivity index (χ3n) is 5.12. The second kappa shape index (κ2) is 7.78. The number of hydrogen-bond donors (Lipinski definition) is 0. The highest BCUT2D eigenvalue weighted by molar-refractivity contribution is 5.95. The summed E-state index contributed by atoms with van der Waals surface area (Å²) in [6, 6.07) is 5.67. The Kier molecular flexibility index (Phi) is 5.48. The van der Waals surface area contributed by atoms with Gasteiger partial charge in [-0.15, -0.1) is 0 Å². The third kappa shape index (κ3) is 3.90. The summed E-state index contributed by atoms with van der Waals surface area (Å²) in [6.45, 7) is 6.45. The second-order valence-corrected chi connectivity index (χ2v) is 6.73. The van der Waals surface area contributed by atoms with Crippen LogP contribution in [-0.4, -0.2) is 45.8 Å². The molecular formula is C19H26N4O2. The third-order valence-corrected chi connectivity index (χ3v) is 5.12. The van der Waals surface area contributed by atoms with Crippen molar-refractivity contribution in [2.75, 3.05) is 20.3 Å². The van der Waals surface area contributed by atoms with Crippen LogP contribution in [-0.2, 0) is 11.3 Å². The molecule has 0 N–H and O–H groups in total. The molecule has 2 aromatic rings. The number of rotatable bonds is 5. The maximum atomic E-state index is 12.9. The fourth-order valence-electron chi connectivity index (χ4n) is 3.20. The zero-order valence-electron chi connectivity index (χ0n) is 15.2. The minimum absolute atomic E-state index is 0.0196. The van der Waals surface area contributed by atoms with Crippen LogP contribution >= 0.6 is 0 Å². The minimum Gasteiger partial charge on any atom is -0.381 e. The number of hydrogen-bond acceptors (Lipinski definition) is 4. The van der Waals surface area contributed by atoms with Gasteiger partial charge >= 0.3 is 0 Å². The first-order valence-corrected chi connectivity index (χ1v) is 8.86. The quantitative estimate of drug-likeness (QED) is 0.838. The molecule has 3 rings (SSSR count). The highest BCUT2D eigenvalue weighted by Crippen LogP contribution is 2.22. The van der Waals surface area contributed by atoms with Gasteiger partial charge in [0.2, 0.25) is 0 Å². The summed E-state index contributed by atoms with van der Waals surface area (Å²) in [4.78, 5) is 19.0. The van der Waals surface area contributed by atoms with Crippen molar-refractivity contribution in [3.63, 3.8) is 0 Å². The molecule has 0 unspecified atom stereocenters. The number of pyridine rings is 1. The van der Waals surface area contributed by atoms with Crippen molar-refractivity contribution in [2.24, 2.45) is 5.92 Å². The molecule has 1 aliphatic heterocycles. The smallest absolute Gasteiger partial charge is 0.257 e. The Labute approximate surface area is 148 Å². The summed E-state index contributed by atoms with van der Waals surface area (Å²) in [7, 11) is 1.82. The Morgan fingerprint density at radius 3 is 2.84 bits per heavy atom. The summed E-state index contributed by atoms with van der Waals surface area (Å²) in [5.41, 5.74) is 2.47. The van der Waals surface area contributed by atoms with Gasteiger partial charge in [-0.05, 0) is 44.7 Å². The lowest BCUT2D eigenvalue weighted by molar-refractivity contribution is 0.0598. The van der Waals surface area contributed by atoms with Crippen molar-refractivity contribution in [1.82, 2.24) is 19.7 Å². The zero-order valence-corrected chi connectivity index (χ0v) is 15.2. The van der Waals surface area contributed by atoms with E-state index in [0.29, 0.717) is 11.5 Å². The second-order valence-electron chi connectivity index (χ2n) is 6.73. The van der Waals surface area contributed by atoms with Gasteiger partial charge in [-0.1, -0.05) is 6.07 Å². The van der Waals surface area contributed by atoms with E-state index in [1.807, 2.05) is 43.8 Å². The highest BCUT2D eigenvalue weighted by Gasteiger charge is 2.24. The van der Waals surface area contributed by atoms with E-state index in [9.17, 15) is 4.79 Å². The van der Waals surface area contributed by atoms with E-state index >= 15 is 0 Å². The Morgan fingerprint density at radius 2 is 2.16 bits per heavy atom. The van der Waals surface area contributed by atoms with Crippen LogP contribution in [0.15, 0.2) is 30.6 Å². The van der Waals surface area contributed by atoms with Gasteiger partial charge in [-0.25, -0.2) is 0 Å². The normalized spacial score (nSPS) is 16.6. The highest BCUT2D eigenvalue weighted by atomic mass is 16.5. The van der Waals surface area contributed by atoms with Crippen LogP contribution in [0.25, 0.3) is 0 Å². The maximum Gasteiger partial charge on any atom is 0.257 e. The number of nitrogens with zero attached hydrogens (tertiary/aromatic N) is 4. The van der Waals surface area contributed by atoms with Crippen LogP contribution in [0.4, 0.5) is 0 Å². The predicted molar refractivity (Wildman–Crippen MR) is 95.3 cm³/mol. The summed E-state index contributed by atoms with van der Waals surface area (Å²) < 4.78 is 7.38. The molecule has 1 aliphatic rings. The van der Waals surface area contributed by atoms with Gasteiger partial charge in [0.25, 0.3) is 5.91 Å². The van der Waals surface area contributed by atoms with Gasteiger partial charge in [0.1, 0.15) is 0 Å². The van der Waals surface area contributed by atoms with Crippen LogP contribution in [0.3, 0.4) is 0 Å². The van der Waals surface area contributed by atoms with Gasteiger partial charge in [0.15, 0.2) is 0 Å². The lowest BCUT2D eigenvalue weighted by atomic mass is 10.0.